The Bertz CT molecular complexity index is 484. The van der Waals surface area contributed by atoms with Crippen LogP contribution in [0.5, 0.6) is 0 Å². The molecule has 1 aromatic carbocycles. The molecule has 1 heterocycles. The van der Waals surface area contributed by atoms with Gasteiger partial charge in [-0.25, -0.2) is 4.79 Å². The van der Waals surface area contributed by atoms with Crippen LogP contribution in [0.15, 0.2) is 30.3 Å². The van der Waals surface area contributed by atoms with Crippen molar-refractivity contribution in [1.29, 1.82) is 0 Å². The summed E-state index contributed by atoms with van der Waals surface area (Å²) in [5.74, 6) is 0. The van der Waals surface area contributed by atoms with Gasteiger partial charge in [0.05, 0.1) is 6.04 Å². The highest BCUT2D eigenvalue weighted by Crippen LogP contribution is 2.14. The fourth-order valence-corrected chi connectivity index (χ4v) is 2.63. The molecule has 1 aliphatic heterocycles. The Hall–Kier alpha value is -1.59. The number of hydrogen-bond acceptors (Lipinski definition) is 4. The Morgan fingerprint density at radius 1 is 1.36 bits per heavy atom. The van der Waals surface area contributed by atoms with Gasteiger partial charge in [0.2, 0.25) is 0 Å². The second-order valence-corrected chi connectivity index (χ2v) is 6.93. The van der Waals surface area contributed by atoms with Gasteiger partial charge < -0.3 is 15.8 Å². The van der Waals surface area contributed by atoms with Crippen molar-refractivity contribution in [2.24, 2.45) is 5.73 Å². The van der Waals surface area contributed by atoms with Gasteiger partial charge in [0.1, 0.15) is 5.60 Å². The molecule has 0 aliphatic carbocycles. The maximum Gasteiger partial charge on any atom is 0.407 e. The van der Waals surface area contributed by atoms with Gasteiger partial charge in [0, 0.05) is 25.7 Å². The van der Waals surface area contributed by atoms with Crippen molar-refractivity contribution in [2.45, 2.75) is 51.4 Å². The average molecular weight is 305 g/mol. The summed E-state index contributed by atoms with van der Waals surface area (Å²) < 4.78 is 5.32. The first-order valence-electron chi connectivity index (χ1n) is 7.85. The summed E-state index contributed by atoms with van der Waals surface area (Å²) >= 11 is 0. The number of likely N-dealkylation sites (tertiary alicyclic amines) is 1. The van der Waals surface area contributed by atoms with E-state index in [4.69, 9.17) is 10.5 Å². The Morgan fingerprint density at radius 3 is 2.68 bits per heavy atom. The monoisotopic (exact) mass is 305 g/mol. The normalized spacial score (nSPS) is 23.1. The molecule has 0 aromatic heterocycles. The van der Waals surface area contributed by atoms with Gasteiger partial charge in [0.25, 0.3) is 0 Å². The van der Waals surface area contributed by atoms with E-state index in [1.807, 2.05) is 39.0 Å². The van der Waals surface area contributed by atoms with E-state index < -0.39 is 11.7 Å². The van der Waals surface area contributed by atoms with Crippen LogP contribution in [0.1, 0.15) is 32.8 Å². The number of rotatable bonds is 3. The molecule has 5 nitrogen and oxygen atoms in total. The highest BCUT2D eigenvalue weighted by Gasteiger charge is 2.29. The van der Waals surface area contributed by atoms with Gasteiger partial charge >= 0.3 is 6.09 Å². The molecule has 0 saturated carbocycles. The zero-order valence-electron chi connectivity index (χ0n) is 13.7. The van der Waals surface area contributed by atoms with E-state index in [0.29, 0.717) is 0 Å². The highest BCUT2D eigenvalue weighted by atomic mass is 16.6. The predicted molar refractivity (Wildman–Crippen MR) is 87.5 cm³/mol. The third-order valence-electron chi connectivity index (χ3n) is 3.70. The number of piperidine rings is 1. The minimum atomic E-state index is -0.493. The van der Waals surface area contributed by atoms with Crippen LogP contribution in [-0.4, -0.2) is 41.8 Å². The second kappa shape index (κ2) is 7.11. The first-order valence-corrected chi connectivity index (χ1v) is 7.85. The van der Waals surface area contributed by atoms with Crippen molar-refractivity contribution in [3.63, 3.8) is 0 Å². The number of benzene rings is 1. The van der Waals surface area contributed by atoms with Gasteiger partial charge in [0.15, 0.2) is 0 Å². The summed E-state index contributed by atoms with van der Waals surface area (Å²) in [5.41, 5.74) is 6.93. The van der Waals surface area contributed by atoms with E-state index >= 15 is 0 Å². The van der Waals surface area contributed by atoms with Gasteiger partial charge in [-0.15, -0.1) is 0 Å². The van der Waals surface area contributed by atoms with Crippen molar-refractivity contribution in [3.8, 4) is 0 Å². The molecule has 22 heavy (non-hydrogen) atoms. The van der Waals surface area contributed by atoms with Crippen LogP contribution in [0, 0.1) is 0 Å². The van der Waals surface area contributed by atoms with Gasteiger partial charge in [-0.3, -0.25) is 4.90 Å². The molecule has 122 valence electrons. The summed E-state index contributed by atoms with van der Waals surface area (Å²) in [4.78, 5) is 14.3. The maximum atomic E-state index is 11.9. The summed E-state index contributed by atoms with van der Waals surface area (Å²) in [5, 5.41) is 2.91. The lowest BCUT2D eigenvalue weighted by Crippen LogP contribution is -2.58. The topological polar surface area (TPSA) is 67.6 Å². The van der Waals surface area contributed by atoms with Crippen molar-refractivity contribution in [1.82, 2.24) is 10.2 Å². The molecule has 0 radical (unpaired) electrons. The molecule has 1 amide bonds. The number of hydrogen-bond donors (Lipinski definition) is 2. The van der Waals surface area contributed by atoms with Crippen molar-refractivity contribution in [2.75, 3.05) is 13.1 Å². The number of carbonyl (C=O) groups excluding carboxylic acids is 1. The average Bonchev–Trinajstić information content (AvgIpc) is 2.41. The minimum absolute atomic E-state index is 0.0282. The predicted octanol–water partition coefficient (Wildman–Crippen LogP) is 2.11. The van der Waals surface area contributed by atoms with E-state index in [-0.39, 0.29) is 12.1 Å². The molecule has 2 atom stereocenters. The number of nitrogens with two attached hydrogens (primary N) is 1. The first-order chi connectivity index (χ1) is 10.3. The fraction of sp³-hybridized carbons (Fsp3) is 0.588. The van der Waals surface area contributed by atoms with E-state index in [1.54, 1.807) is 0 Å². The summed E-state index contributed by atoms with van der Waals surface area (Å²) in [6.07, 6.45) is 0.474. The lowest BCUT2D eigenvalue weighted by atomic mass is 9.99. The number of ether oxygens (including phenoxy) is 1. The van der Waals surface area contributed by atoms with Crippen LogP contribution in [0.4, 0.5) is 4.79 Å². The van der Waals surface area contributed by atoms with Crippen molar-refractivity contribution >= 4 is 6.09 Å². The first kappa shape index (κ1) is 16.8. The summed E-state index contributed by atoms with van der Waals surface area (Å²) in [6, 6.07) is 10.2. The van der Waals surface area contributed by atoms with Gasteiger partial charge in [-0.05, 0) is 32.8 Å². The lowest BCUT2D eigenvalue weighted by molar-refractivity contribution is 0.0457. The van der Waals surface area contributed by atoms with Crippen molar-refractivity contribution in [3.05, 3.63) is 35.9 Å². The third kappa shape index (κ3) is 5.31. The van der Waals surface area contributed by atoms with Crippen LogP contribution in [0.3, 0.4) is 0 Å². The van der Waals surface area contributed by atoms with Crippen LogP contribution in [-0.2, 0) is 11.3 Å². The SMILES string of the molecule is CC(C)(C)OC(=O)N[C@H]1CN(Cc2ccccc2)CC[C@@H]1N. The molecular weight excluding hydrogens is 278 g/mol. The molecule has 2 rings (SSSR count). The number of carbonyl (C=O) groups is 1. The molecule has 5 heteroatoms. The quantitative estimate of drug-likeness (QED) is 0.897. The van der Waals surface area contributed by atoms with Crippen LogP contribution in [0.25, 0.3) is 0 Å². The zero-order valence-corrected chi connectivity index (χ0v) is 13.7. The van der Waals surface area contributed by atoms with E-state index in [2.05, 4.69) is 22.3 Å². The molecule has 0 unspecified atom stereocenters. The maximum absolute atomic E-state index is 11.9. The molecule has 3 N–H and O–H groups in total. The van der Waals surface area contributed by atoms with Gasteiger partial charge in [-0.1, -0.05) is 30.3 Å². The minimum Gasteiger partial charge on any atom is -0.444 e. The van der Waals surface area contributed by atoms with Crippen molar-refractivity contribution < 1.29 is 9.53 Å². The summed E-state index contributed by atoms with van der Waals surface area (Å²) in [6.45, 7) is 8.14. The van der Waals surface area contributed by atoms with E-state index in [9.17, 15) is 4.79 Å². The van der Waals surface area contributed by atoms with E-state index in [1.165, 1.54) is 5.56 Å². The van der Waals surface area contributed by atoms with Crippen LogP contribution < -0.4 is 11.1 Å². The fourth-order valence-electron chi connectivity index (χ4n) is 2.63. The Morgan fingerprint density at radius 2 is 2.05 bits per heavy atom. The molecule has 1 saturated heterocycles. The molecule has 0 bridgehead atoms. The molecular formula is C17H27N3O2. The lowest BCUT2D eigenvalue weighted by Gasteiger charge is -2.37. The third-order valence-corrected chi connectivity index (χ3v) is 3.70. The number of nitrogens with zero attached hydrogens (tertiary/aromatic N) is 1. The zero-order chi connectivity index (χ0) is 16.2. The van der Waals surface area contributed by atoms with Gasteiger partial charge in [-0.2, -0.15) is 0 Å². The molecule has 1 fully saturated rings. The smallest absolute Gasteiger partial charge is 0.407 e. The Balaban J connectivity index is 1.89. The molecule has 0 spiro atoms. The summed E-state index contributed by atoms with van der Waals surface area (Å²) in [7, 11) is 0. The largest absolute Gasteiger partial charge is 0.444 e. The van der Waals surface area contributed by atoms with Crippen LogP contribution >= 0.6 is 0 Å². The Labute approximate surface area is 132 Å². The molecule has 1 aliphatic rings. The molecule has 1 aromatic rings. The number of alkyl carbamates (subject to hydrolysis) is 1. The van der Waals surface area contributed by atoms with E-state index in [0.717, 1.165) is 26.1 Å². The van der Waals surface area contributed by atoms with Crippen LogP contribution in [0.2, 0.25) is 0 Å². The standard InChI is InChI=1S/C17H27N3O2/c1-17(2,3)22-16(21)19-15-12-20(10-9-14(15)18)11-13-7-5-4-6-8-13/h4-8,14-15H,9-12,18H2,1-3H3,(H,19,21)/t14-,15-/m0/s1. The Kier molecular flexibility index (Phi) is 5.42. The number of nitrogens with one attached hydrogen (secondary N) is 1. The second-order valence-electron chi connectivity index (χ2n) is 6.93. The highest BCUT2D eigenvalue weighted by molar-refractivity contribution is 5.68. The number of amides is 1.